The predicted octanol–water partition coefficient (Wildman–Crippen LogP) is 0.0235. The maximum absolute atomic E-state index is 10.1. The van der Waals surface area contributed by atoms with Gasteiger partial charge < -0.3 is 15.2 Å². The Morgan fingerprint density at radius 2 is 2.43 bits per heavy atom. The maximum Gasteiger partial charge on any atom is 0.263 e. The van der Waals surface area contributed by atoms with Gasteiger partial charge in [0, 0.05) is 6.54 Å². The minimum atomic E-state index is -0.507. The number of aliphatic hydroxyl groups excluding tert-OH is 1. The van der Waals surface area contributed by atoms with Crippen LogP contribution in [0, 0.1) is 10.1 Å². The van der Waals surface area contributed by atoms with Crippen LogP contribution in [0.15, 0.2) is 11.2 Å². The molecule has 0 aromatic heterocycles. The van der Waals surface area contributed by atoms with E-state index in [1.54, 1.807) is 6.26 Å². The molecule has 0 fully saturated rings. The van der Waals surface area contributed by atoms with Crippen LogP contribution in [0.25, 0.3) is 0 Å². The zero-order valence-electron chi connectivity index (χ0n) is 7.93. The molecule has 0 unspecified atom stereocenters. The molecule has 0 spiro atoms. The zero-order chi connectivity index (χ0) is 10.8. The number of hydrogen-bond acceptors (Lipinski definition) is 6. The van der Waals surface area contributed by atoms with Gasteiger partial charge in [0.1, 0.15) is 5.03 Å². The SMILES string of the molecule is CSC(=C[N+](=O)[O-])NCCOCCO. The second-order valence-electron chi connectivity index (χ2n) is 2.25. The van der Waals surface area contributed by atoms with E-state index in [0.29, 0.717) is 18.2 Å². The van der Waals surface area contributed by atoms with Gasteiger partial charge in [-0.3, -0.25) is 10.1 Å². The molecular formula is C7H14N2O4S. The van der Waals surface area contributed by atoms with Gasteiger partial charge in [-0.15, -0.1) is 11.8 Å². The molecule has 0 aliphatic heterocycles. The summed E-state index contributed by atoms with van der Waals surface area (Å²) < 4.78 is 4.96. The molecular weight excluding hydrogens is 208 g/mol. The lowest BCUT2D eigenvalue weighted by Gasteiger charge is -2.05. The Hall–Kier alpha value is -0.790. The van der Waals surface area contributed by atoms with Gasteiger partial charge in [0.2, 0.25) is 0 Å². The first kappa shape index (κ1) is 13.2. The average molecular weight is 222 g/mol. The third kappa shape index (κ3) is 7.84. The van der Waals surface area contributed by atoms with E-state index < -0.39 is 4.92 Å². The summed E-state index contributed by atoms with van der Waals surface area (Å²) in [7, 11) is 0. The van der Waals surface area contributed by atoms with Crippen LogP contribution in [0.3, 0.4) is 0 Å². The van der Waals surface area contributed by atoms with Gasteiger partial charge in [-0.2, -0.15) is 0 Å². The minimum Gasteiger partial charge on any atom is -0.394 e. The van der Waals surface area contributed by atoms with Crippen LogP contribution < -0.4 is 5.32 Å². The van der Waals surface area contributed by atoms with Crippen LogP contribution in [-0.4, -0.2) is 42.7 Å². The molecule has 0 aromatic carbocycles. The number of thioether (sulfide) groups is 1. The predicted molar refractivity (Wildman–Crippen MR) is 54.5 cm³/mol. The summed E-state index contributed by atoms with van der Waals surface area (Å²) in [5.74, 6) is 0. The van der Waals surface area contributed by atoms with Crippen molar-refractivity contribution in [2.24, 2.45) is 0 Å². The lowest BCUT2D eigenvalue weighted by Crippen LogP contribution is -2.19. The number of nitrogens with zero attached hydrogens (tertiary/aromatic N) is 1. The fourth-order valence-corrected chi connectivity index (χ4v) is 1.12. The van der Waals surface area contributed by atoms with Gasteiger partial charge in [-0.05, 0) is 6.26 Å². The number of nitrogens with one attached hydrogen (secondary N) is 1. The van der Waals surface area contributed by atoms with Gasteiger partial charge in [0.15, 0.2) is 0 Å². The average Bonchev–Trinajstić information content (AvgIpc) is 2.15. The van der Waals surface area contributed by atoms with E-state index in [1.807, 2.05) is 0 Å². The highest BCUT2D eigenvalue weighted by Gasteiger charge is 1.99. The summed E-state index contributed by atoms with van der Waals surface area (Å²) in [5.41, 5.74) is 0. The highest BCUT2D eigenvalue weighted by Crippen LogP contribution is 2.06. The lowest BCUT2D eigenvalue weighted by atomic mass is 10.6. The van der Waals surface area contributed by atoms with Crippen molar-refractivity contribution >= 4 is 11.8 Å². The quantitative estimate of drug-likeness (QED) is 0.342. The number of ether oxygens (including phenoxy) is 1. The molecule has 0 atom stereocenters. The van der Waals surface area contributed by atoms with Crippen molar-refractivity contribution < 1.29 is 14.8 Å². The van der Waals surface area contributed by atoms with Crippen LogP contribution in [-0.2, 0) is 4.74 Å². The maximum atomic E-state index is 10.1. The van der Waals surface area contributed by atoms with E-state index in [2.05, 4.69) is 5.32 Å². The highest BCUT2D eigenvalue weighted by atomic mass is 32.2. The molecule has 0 heterocycles. The molecule has 82 valence electrons. The molecule has 0 aliphatic carbocycles. The zero-order valence-corrected chi connectivity index (χ0v) is 8.75. The molecule has 0 bridgehead atoms. The minimum absolute atomic E-state index is 0.0138. The Morgan fingerprint density at radius 1 is 1.71 bits per heavy atom. The van der Waals surface area contributed by atoms with Crippen molar-refractivity contribution in [2.75, 3.05) is 32.6 Å². The summed E-state index contributed by atoms with van der Waals surface area (Å²) in [4.78, 5) is 9.61. The number of hydrogen-bond donors (Lipinski definition) is 2. The van der Waals surface area contributed by atoms with Gasteiger partial charge in [-0.25, -0.2) is 0 Å². The van der Waals surface area contributed by atoms with Crippen molar-refractivity contribution in [3.05, 3.63) is 21.3 Å². The number of rotatable bonds is 8. The molecule has 0 radical (unpaired) electrons. The monoisotopic (exact) mass is 222 g/mol. The van der Waals surface area contributed by atoms with Crippen molar-refractivity contribution in [1.82, 2.24) is 5.32 Å². The van der Waals surface area contributed by atoms with E-state index in [9.17, 15) is 10.1 Å². The normalized spacial score (nSPS) is 11.4. The Bertz CT molecular complexity index is 198. The van der Waals surface area contributed by atoms with Crippen LogP contribution in [0.4, 0.5) is 0 Å². The first-order valence-electron chi connectivity index (χ1n) is 4.02. The second kappa shape index (κ2) is 8.79. The third-order valence-corrected chi connectivity index (χ3v) is 1.91. The lowest BCUT2D eigenvalue weighted by molar-refractivity contribution is -0.403. The van der Waals surface area contributed by atoms with Crippen molar-refractivity contribution in [1.29, 1.82) is 0 Å². The van der Waals surface area contributed by atoms with E-state index >= 15 is 0 Å². The molecule has 0 aliphatic rings. The Labute approximate surface area is 86.5 Å². The summed E-state index contributed by atoms with van der Waals surface area (Å²) in [6.07, 6.45) is 2.66. The van der Waals surface area contributed by atoms with Gasteiger partial charge >= 0.3 is 0 Å². The Balaban J connectivity index is 3.58. The molecule has 0 saturated carbocycles. The summed E-state index contributed by atoms with van der Waals surface area (Å²) >= 11 is 1.27. The van der Waals surface area contributed by atoms with Crippen molar-refractivity contribution in [2.45, 2.75) is 0 Å². The molecule has 6 nitrogen and oxygen atoms in total. The highest BCUT2D eigenvalue weighted by molar-refractivity contribution is 8.02. The van der Waals surface area contributed by atoms with E-state index in [-0.39, 0.29) is 13.2 Å². The molecule has 14 heavy (non-hydrogen) atoms. The topological polar surface area (TPSA) is 84.6 Å². The van der Waals surface area contributed by atoms with Crippen molar-refractivity contribution in [3.63, 3.8) is 0 Å². The first-order chi connectivity index (χ1) is 6.70. The van der Waals surface area contributed by atoms with Gasteiger partial charge in [0.25, 0.3) is 6.20 Å². The summed E-state index contributed by atoms with van der Waals surface area (Å²) in [6, 6.07) is 0. The Kier molecular flexibility index (Phi) is 8.30. The van der Waals surface area contributed by atoms with Gasteiger partial charge in [0.05, 0.1) is 24.7 Å². The standard InChI is InChI=1S/C7H14N2O4S/c1-14-7(6-9(11)12)8-2-4-13-5-3-10/h6,8,10H,2-5H2,1H3. The number of nitro groups is 1. The largest absolute Gasteiger partial charge is 0.394 e. The molecule has 0 rings (SSSR count). The number of aliphatic hydroxyl groups is 1. The van der Waals surface area contributed by atoms with Crippen LogP contribution in [0.2, 0.25) is 0 Å². The second-order valence-corrected chi connectivity index (χ2v) is 3.09. The summed E-state index contributed by atoms with van der Waals surface area (Å²) in [5, 5.41) is 21.8. The molecule has 0 aromatic rings. The smallest absolute Gasteiger partial charge is 0.263 e. The first-order valence-corrected chi connectivity index (χ1v) is 5.25. The fourth-order valence-electron chi connectivity index (χ4n) is 0.679. The van der Waals surface area contributed by atoms with E-state index in [1.165, 1.54) is 11.8 Å². The van der Waals surface area contributed by atoms with Gasteiger partial charge in [-0.1, -0.05) is 0 Å². The molecule has 0 saturated heterocycles. The molecule has 7 heteroatoms. The van der Waals surface area contributed by atoms with Crippen LogP contribution >= 0.6 is 11.8 Å². The molecule has 0 amide bonds. The van der Waals surface area contributed by atoms with E-state index in [4.69, 9.17) is 9.84 Å². The molecule has 2 N–H and O–H groups in total. The van der Waals surface area contributed by atoms with Crippen LogP contribution in [0.1, 0.15) is 0 Å². The van der Waals surface area contributed by atoms with Crippen LogP contribution in [0.5, 0.6) is 0 Å². The Morgan fingerprint density at radius 3 is 2.93 bits per heavy atom. The third-order valence-electron chi connectivity index (χ3n) is 1.22. The van der Waals surface area contributed by atoms with Crippen molar-refractivity contribution in [3.8, 4) is 0 Å². The fraction of sp³-hybridized carbons (Fsp3) is 0.714. The van der Waals surface area contributed by atoms with E-state index in [0.717, 1.165) is 6.20 Å². The summed E-state index contributed by atoms with van der Waals surface area (Å²) in [6.45, 7) is 1.17.